The lowest BCUT2D eigenvalue weighted by Gasteiger charge is -2.26. The number of nitro benzene ring substituents is 1. The molecular formula is C30H27ClFN3O7S. The van der Waals surface area contributed by atoms with Crippen molar-refractivity contribution in [1.29, 1.82) is 0 Å². The van der Waals surface area contributed by atoms with Gasteiger partial charge in [0.2, 0.25) is 5.91 Å². The minimum atomic E-state index is -4.50. The van der Waals surface area contributed by atoms with Crippen LogP contribution < -0.4 is 19.1 Å². The zero-order valence-corrected chi connectivity index (χ0v) is 24.7. The summed E-state index contributed by atoms with van der Waals surface area (Å²) in [6.45, 7) is 1.15. The van der Waals surface area contributed by atoms with Crippen LogP contribution in [0.5, 0.6) is 11.5 Å². The summed E-state index contributed by atoms with van der Waals surface area (Å²) in [7, 11) is -3.16. The predicted molar refractivity (Wildman–Crippen MR) is 159 cm³/mol. The van der Waals surface area contributed by atoms with Crippen LogP contribution in [0.2, 0.25) is 5.02 Å². The minimum Gasteiger partial charge on any atom is -0.495 e. The number of nitrogens with one attached hydrogen (secondary N) is 1. The lowest BCUT2D eigenvalue weighted by atomic mass is 10.2. The summed E-state index contributed by atoms with van der Waals surface area (Å²) in [4.78, 5) is 23.5. The number of carbonyl (C=O) groups excluding carboxylic acids is 1. The second-order valence-corrected chi connectivity index (χ2v) is 11.7. The molecule has 0 aliphatic heterocycles. The Balaban J connectivity index is 1.51. The van der Waals surface area contributed by atoms with E-state index >= 15 is 0 Å². The Kier molecular flexibility index (Phi) is 9.84. The summed E-state index contributed by atoms with van der Waals surface area (Å²) < 4.78 is 52.6. The molecule has 0 atom stereocenters. The molecule has 4 aromatic carbocycles. The number of hydrogen-bond donors (Lipinski definition) is 1. The molecule has 1 amide bonds. The molecule has 0 saturated heterocycles. The number of ether oxygens (including phenoxy) is 2. The Hall–Kier alpha value is -4.68. The molecule has 0 radical (unpaired) electrons. The third-order valence-corrected chi connectivity index (χ3v) is 8.38. The van der Waals surface area contributed by atoms with Crippen molar-refractivity contribution >= 4 is 38.9 Å². The number of sulfonamides is 1. The number of carbonyl (C=O) groups is 1. The van der Waals surface area contributed by atoms with Gasteiger partial charge in [-0.3, -0.25) is 19.2 Å². The van der Waals surface area contributed by atoms with Crippen molar-refractivity contribution in [1.82, 2.24) is 5.32 Å². The van der Waals surface area contributed by atoms with Crippen LogP contribution in [-0.2, 0) is 28.0 Å². The van der Waals surface area contributed by atoms with Crippen molar-refractivity contribution in [3.8, 4) is 11.5 Å². The molecule has 0 aromatic heterocycles. The van der Waals surface area contributed by atoms with Crippen molar-refractivity contribution in [2.45, 2.75) is 25.0 Å². The summed E-state index contributed by atoms with van der Waals surface area (Å²) in [6, 6.07) is 20.6. The predicted octanol–water partition coefficient (Wildman–Crippen LogP) is 5.80. The van der Waals surface area contributed by atoms with Gasteiger partial charge in [0.15, 0.2) is 0 Å². The minimum absolute atomic E-state index is 0.0176. The molecule has 0 saturated carbocycles. The summed E-state index contributed by atoms with van der Waals surface area (Å²) >= 11 is 6.16. The number of amides is 1. The van der Waals surface area contributed by atoms with Gasteiger partial charge in [0.1, 0.15) is 30.5 Å². The average Bonchev–Trinajstić information content (AvgIpc) is 2.99. The number of nitro groups is 1. The van der Waals surface area contributed by atoms with E-state index in [0.717, 1.165) is 15.9 Å². The standard InChI is InChI=1S/C30H27ClFN3O7S/c1-20-3-13-26(16-27(20)35(37)38)43(39,40)34(28-15-23(31)8-14-29(28)41-2)18-30(36)33-17-21-6-11-25(12-7-21)42-19-22-4-9-24(32)10-5-22/h3-16H,17-19H2,1-2H3,(H,33,36). The van der Waals surface area contributed by atoms with E-state index in [1.54, 1.807) is 36.4 Å². The molecule has 10 nitrogen and oxygen atoms in total. The van der Waals surface area contributed by atoms with Gasteiger partial charge in [-0.2, -0.15) is 0 Å². The molecule has 0 bridgehead atoms. The maximum Gasteiger partial charge on any atom is 0.273 e. The van der Waals surface area contributed by atoms with Crippen molar-refractivity contribution in [3.05, 3.63) is 123 Å². The summed E-state index contributed by atoms with van der Waals surface area (Å²) in [5.74, 6) is -0.291. The summed E-state index contributed by atoms with van der Waals surface area (Å²) in [6.07, 6.45) is 0. The highest BCUT2D eigenvalue weighted by Gasteiger charge is 2.31. The fourth-order valence-corrected chi connectivity index (χ4v) is 5.68. The number of benzene rings is 4. The number of anilines is 1. The van der Waals surface area contributed by atoms with Gasteiger partial charge in [0.05, 0.1) is 22.6 Å². The highest BCUT2D eigenvalue weighted by Crippen LogP contribution is 2.35. The molecule has 4 rings (SSSR count). The van der Waals surface area contributed by atoms with Gasteiger partial charge < -0.3 is 14.8 Å². The van der Waals surface area contributed by atoms with Crippen LogP contribution in [0.4, 0.5) is 15.8 Å². The van der Waals surface area contributed by atoms with Crippen molar-refractivity contribution in [3.63, 3.8) is 0 Å². The van der Waals surface area contributed by atoms with E-state index < -0.39 is 27.4 Å². The SMILES string of the molecule is COc1ccc(Cl)cc1N(CC(=O)NCc1ccc(OCc2ccc(F)cc2)cc1)S(=O)(=O)c1ccc(C)c([N+](=O)[O-])c1. The van der Waals surface area contributed by atoms with E-state index in [2.05, 4.69) is 5.32 Å². The Morgan fingerprint density at radius 2 is 1.67 bits per heavy atom. The molecule has 0 aliphatic carbocycles. The normalized spacial score (nSPS) is 11.1. The molecule has 0 aliphatic rings. The molecule has 0 spiro atoms. The van der Waals surface area contributed by atoms with Crippen LogP contribution in [0.15, 0.2) is 89.8 Å². The monoisotopic (exact) mass is 627 g/mol. The smallest absolute Gasteiger partial charge is 0.273 e. The first-order valence-corrected chi connectivity index (χ1v) is 14.6. The second-order valence-electron chi connectivity index (χ2n) is 9.37. The Bertz CT molecular complexity index is 1730. The summed E-state index contributed by atoms with van der Waals surface area (Å²) in [5, 5.41) is 14.4. The van der Waals surface area contributed by atoms with Crippen molar-refractivity contribution in [2.24, 2.45) is 0 Å². The third kappa shape index (κ3) is 7.79. The number of aryl methyl sites for hydroxylation is 1. The highest BCUT2D eigenvalue weighted by atomic mass is 35.5. The number of halogens is 2. The first kappa shape index (κ1) is 31.3. The lowest BCUT2D eigenvalue weighted by Crippen LogP contribution is -2.41. The van der Waals surface area contributed by atoms with Crippen molar-refractivity contribution in [2.75, 3.05) is 18.0 Å². The van der Waals surface area contributed by atoms with Crippen LogP contribution in [0.25, 0.3) is 0 Å². The van der Waals surface area contributed by atoms with Gasteiger partial charge in [-0.25, -0.2) is 12.8 Å². The molecule has 43 heavy (non-hydrogen) atoms. The van der Waals surface area contributed by atoms with Crippen LogP contribution in [0.3, 0.4) is 0 Å². The van der Waals surface area contributed by atoms with Gasteiger partial charge in [0, 0.05) is 23.2 Å². The van der Waals surface area contributed by atoms with Gasteiger partial charge in [-0.15, -0.1) is 0 Å². The van der Waals surface area contributed by atoms with Crippen LogP contribution in [-0.4, -0.2) is 32.9 Å². The number of rotatable bonds is 12. The molecule has 4 aromatic rings. The first-order valence-electron chi connectivity index (χ1n) is 12.8. The van der Waals surface area contributed by atoms with Gasteiger partial charge >= 0.3 is 0 Å². The lowest BCUT2D eigenvalue weighted by molar-refractivity contribution is -0.385. The fraction of sp³-hybridized carbons (Fsp3) is 0.167. The van der Waals surface area contributed by atoms with E-state index in [1.165, 1.54) is 56.5 Å². The molecule has 0 unspecified atom stereocenters. The maximum atomic E-state index is 13.8. The Labute approximate surface area is 252 Å². The third-order valence-electron chi connectivity index (χ3n) is 6.39. The average molecular weight is 628 g/mol. The van der Waals surface area contributed by atoms with Crippen LogP contribution in [0, 0.1) is 22.9 Å². The quantitative estimate of drug-likeness (QED) is 0.155. The first-order chi connectivity index (χ1) is 20.5. The zero-order chi connectivity index (χ0) is 31.1. The molecule has 1 N–H and O–H groups in total. The van der Waals surface area contributed by atoms with E-state index in [4.69, 9.17) is 21.1 Å². The molecule has 0 heterocycles. The van der Waals surface area contributed by atoms with E-state index in [9.17, 15) is 27.7 Å². The number of methoxy groups -OCH3 is 1. The Morgan fingerprint density at radius 1 is 1.00 bits per heavy atom. The molecule has 13 heteroatoms. The van der Waals surface area contributed by atoms with E-state index in [-0.39, 0.29) is 51.6 Å². The molecule has 0 fully saturated rings. The topological polar surface area (TPSA) is 128 Å². The second kappa shape index (κ2) is 13.5. The fourth-order valence-electron chi connectivity index (χ4n) is 4.07. The zero-order valence-electron chi connectivity index (χ0n) is 23.1. The summed E-state index contributed by atoms with van der Waals surface area (Å²) in [5.41, 5.74) is 1.39. The number of nitrogens with zero attached hydrogens (tertiary/aromatic N) is 2. The van der Waals surface area contributed by atoms with Gasteiger partial charge in [-0.05, 0) is 66.6 Å². The van der Waals surface area contributed by atoms with Crippen LogP contribution >= 0.6 is 11.6 Å². The molecular weight excluding hydrogens is 601 g/mol. The van der Waals surface area contributed by atoms with E-state index in [1.807, 2.05) is 0 Å². The van der Waals surface area contributed by atoms with Gasteiger partial charge in [0.25, 0.3) is 15.7 Å². The maximum absolute atomic E-state index is 13.8. The molecule has 224 valence electrons. The number of hydrogen-bond acceptors (Lipinski definition) is 7. The van der Waals surface area contributed by atoms with E-state index in [0.29, 0.717) is 11.3 Å². The Morgan fingerprint density at radius 3 is 2.33 bits per heavy atom. The van der Waals surface area contributed by atoms with Crippen molar-refractivity contribution < 1.29 is 32.0 Å². The highest BCUT2D eigenvalue weighted by molar-refractivity contribution is 7.92. The van der Waals surface area contributed by atoms with Crippen LogP contribution in [0.1, 0.15) is 16.7 Å². The largest absolute Gasteiger partial charge is 0.495 e. The van der Waals surface area contributed by atoms with Gasteiger partial charge in [-0.1, -0.05) is 41.9 Å².